The minimum atomic E-state index is -4.62. The summed E-state index contributed by atoms with van der Waals surface area (Å²) in [5.41, 5.74) is 1.11. The van der Waals surface area contributed by atoms with E-state index >= 15 is 0 Å². The van der Waals surface area contributed by atoms with Crippen LogP contribution in [-0.4, -0.2) is 29.1 Å². The molecule has 1 unspecified atom stereocenters. The number of nitrogens with one attached hydrogen (secondary N) is 1. The van der Waals surface area contributed by atoms with Crippen molar-refractivity contribution in [1.29, 1.82) is 0 Å². The number of pyridine rings is 1. The second-order valence-corrected chi connectivity index (χ2v) is 8.02. The van der Waals surface area contributed by atoms with Crippen LogP contribution in [0.3, 0.4) is 0 Å². The van der Waals surface area contributed by atoms with E-state index < -0.39 is 17.3 Å². The number of alkyl halides is 3. The Bertz CT molecular complexity index is 1140. The molecule has 1 aromatic carbocycles. The molecule has 0 amide bonds. The minimum absolute atomic E-state index is 0.0578. The second kappa shape index (κ2) is 8.67. The average Bonchev–Trinajstić information content (AvgIpc) is 3.01. The Labute approximate surface area is 178 Å². The molecule has 8 heteroatoms. The Kier molecular flexibility index (Phi) is 6.12. The van der Waals surface area contributed by atoms with Gasteiger partial charge in [0.15, 0.2) is 6.29 Å². The molecule has 1 N–H and O–H groups in total. The largest absolute Gasteiger partial charge is 0.417 e. The molecule has 0 radical (unpaired) electrons. The molecular formula is C23H27F3N2O3. The van der Waals surface area contributed by atoms with Gasteiger partial charge in [-0.05, 0) is 56.7 Å². The number of aromatic amines is 1. The summed E-state index contributed by atoms with van der Waals surface area (Å²) in [7, 11) is 0. The highest BCUT2D eigenvalue weighted by Crippen LogP contribution is 2.39. The van der Waals surface area contributed by atoms with Crippen molar-refractivity contribution < 1.29 is 22.6 Å². The lowest BCUT2D eigenvalue weighted by molar-refractivity contribution is -0.163. The first-order valence-electron chi connectivity index (χ1n) is 10.8. The monoisotopic (exact) mass is 436 g/mol. The fourth-order valence-electron chi connectivity index (χ4n) is 4.66. The van der Waals surface area contributed by atoms with Gasteiger partial charge in [-0.2, -0.15) is 13.2 Å². The number of aryl methyl sites for hydroxylation is 2. The third-order valence-electron chi connectivity index (χ3n) is 6.02. The third kappa shape index (κ3) is 4.23. The smallest absolute Gasteiger partial charge is 0.353 e. The number of rotatable bonds is 6. The van der Waals surface area contributed by atoms with Crippen LogP contribution in [0.2, 0.25) is 0 Å². The Morgan fingerprint density at radius 1 is 1.26 bits per heavy atom. The van der Waals surface area contributed by atoms with Crippen LogP contribution in [-0.2, 0) is 28.6 Å². The SMILES string of the molecule is CCc1c(C)c2c3c(C(F)(F)F)cc(=O)[nH]c3ccc2n1CCCOC1CCCCO1. The van der Waals surface area contributed by atoms with Gasteiger partial charge in [-0.15, -0.1) is 0 Å². The van der Waals surface area contributed by atoms with E-state index in [1.807, 2.05) is 13.8 Å². The van der Waals surface area contributed by atoms with E-state index in [4.69, 9.17) is 9.47 Å². The number of nitrogens with zero attached hydrogens (tertiary/aromatic N) is 1. The average molecular weight is 436 g/mol. The van der Waals surface area contributed by atoms with E-state index in [0.717, 1.165) is 49.1 Å². The summed E-state index contributed by atoms with van der Waals surface area (Å²) < 4.78 is 54.8. The molecule has 5 nitrogen and oxygen atoms in total. The Morgan fingerprint density at radius 2 is 2.06 bits per heavy atom. The van der Waals surface area contributed by atoms with Crippen molar-refractivity contribution in [1.82, 2.24) is 9.55 Å². The maximum atomic E-state index is 13.8. The van der Waals surface area contributed by atoms with Crippen LogP contribution in [0.15, 0.2) is 23.0 Å². The molecule has 0 spiro atoms. The summed E-state index contributed by atoms with van der Waals surface area (Å²) in [4.78, 5) is 14.4. The topological polar surface area (TPSA) is 56.2 Å². The number of hydrogen-bond donors (Lipinski definition) is 1. The van der Waals surface area contributed by atoms with Crippen LogP contribution < -0.4 is 5.56 Å². The van der Waals surface area contributed by atoms with Crippen molar-refractivity contribution in [2.75, 3.05) is 13.2 Å². The fraction of sp³-hybridized carbons (Fsp3) is 0.522. The summed E-state index contributed by atoms with van der Waals surface area (Å²) in [6.45, 7) is 5.74. The zero-order chi connectivity index (χ0) is 22.2. The first-order chi connectivity index (χ1) is 14.8. The summed E-state index contributed by atoms with van der Waals surface area (Å²) >= 11 is 0. The van der Waals surface area contributed by atoms with E-state index in [-0.39, 0.29) is 17.2 Å². The van der Waals surface area contributed by atoms with E-state index in [1.54, 1.807) is 12.1 Å². The molecule has 1 fully saturated rings. The third-order valence-corrected chi connectivity index (χ3v) is 6.02. The lowest BCUT2D eigenvalue weighted by Crippen LogP contribution is -2.23. The first-order valence-corrected chi connectivity index (χ1v) is 10.8. The molecule has 31 heavy (non-hydrogen) atoms. The maximum absolute atomic E-state index is 13.8. The van der Waals surface area contributed by atoms with Crippen molar-refractivity contribution >= 4 is 21.8 Å². The molecule has 168 valence electrons. The molecule has 1 aliphatic heterocycles. The number of benzene rings is 1. The van der Waals surface area contributed by atoms with Gasteiger partial charge in [0.05, 0.1) is 12.2 Å². The molecule has 1 saturated heterocycles. The minimum Gasteiger partial charge on any atom is -0.353 e. The van der Waals surface area contributed by atoms with Crippen LogP contribution in [0, 0.1) is 6.92 Å². The fourth-order valence-corrected chi connectivity index (χ4v) is 4.66. The lowest BCUT2D eigenvalue weighted by atomic mass is 10.0. The highest BCUT2D eigenvalue weighted by atomic mass is 19.4. The normalized spacial score (nSPS) is 17.6. The van der Waals surface area contributed by atoms with Crippen molar-refractivity contribution in [3.05, 3.63) is 45.4 Å². The highest BCUT2D eigenvalue weighted by molar-refractivity contribution is 6.09. The maximum Gasteiger partial charge on any atom is 0.417 e. The molecule has 1 atom stereocenters. The second-order valence-electron chi connectivity index (χ2n) is 8.02. The van der Waals surface area contributed by atoms with Gasteiger partial charge in [0.25, 0.3) is 0 Å². The van der Waals surface area contributed by atoms with Crippen LogP contribution in [0.1, 0.15) is 49.4 Å². The van der Waals surface area contributed by atoms with E-state index in [9.17, 15) is 18.0 Å². The van der Waals surface area contributed by atoms with E-state index in [0.29, 0.717) is 31.0 Å². The predicted octanol–water partition coefficient (Wildman–Crippen LogP) is 5.31. The summed E-state index contributed by atoms with van der Waals surface area (Å²) in [6.07, 6.45) is -0.287. The van der Waals surface area contributed by atoms with Crippen molar-refractivity contribution in [2.24, 2.45) is 0 Å². The molecule has 0 saturated carbocycles. The zero-order valence-electron chi connectivity index (χ0n) is 17.8. The molecule has 0 bridgehead atoms. The summed E-state index contributed by atoms with van der Waals surface area (Å²) in [6, 6.07) is 4.02. The predicted molar refractivity (Wildman–Crippen MR) is 113 cm³/mol. The summed E-state index contributed by atoms with van der Waals surface area (Å²) in [5, 5.41) is 0.608. The van der Waals surface area contributed by atoms with Crippen LogP contribution in [0.4, 0.5) is 13.2 Å². The van der Waals surface area contributed by atoms with Gasteiger partial charge in [0.2, 0.25) is 5.56 Å². The van der Waals surface area contributed by atoms with Crippen LogP contribution >= 0.6 is 0 Å². The Hall–Kier alpha value is -2.32. The van der Waals surface area contributed by atoms with Gasteiger partial charge in [-0.1, -0.05) is 6.92 Å². The quantitative estimate of drug-likeness (QED) is 0.533. The lowest BCUT2D eigenvalue weighted by Gasteiger charge is -2.22. The van der Waals surface area contributed by atoms with Crippen LogP contribution in [0.25, 0.3) is 21.8 Å². The Morgan fingerprint density at radius 3 is 2.74 bits per heavy atom. The molecule has 0 aliphatic carbocycles. The van der Waals surface area contributed by atoms with Crippen molar-refractivity contribution in [2.45, 2.75) is 65.0 Å². The molecular weight excluding hydrogens is 409 g/mol. The number of fused-ring (bicyclic) bond motifs is 3. The van der Waals surface area contributed by atoms with Gasteiger partial charge in [0, 0.05) is 46.7 Å². The number of aromatic nitrogens is 2. The highest BCUT2D eigenvalue weighted by Gasteiger charge is 2.34. The standard InChI is InChI=1S/C23H27F3N2O3/c1-3-17-14(2)21-18(28(17)10-6-12-31-20-7-4-5-11-30-20)9-8-16-22(21)15(23(24,25)26)13-19(29)27-16/h8-9,13,20H,3-7,10-12H2,1-2H3,(H,27,29). The van der Waals surface area contributed by atoms with Crippen LogP contribution in [0.5, 0.6) is 0 Å². The number of hydrogen-bond acceptors (Lipinski definition) is 3. The molecule has 4 rings (SSSR count). The van der Waals surface area contributed by atoms with Gasteiger partial charge in [-0.25, -0.2) is 0 Å². The molecule has 2 aromatic heterocycles. The van der Waals surface area contributed by atoms with Gasteiger partial charge >= 0.3 is 6.18 Å². The molecule has 3 heterocycles. The van der Waals surface area contributed by atoms with Gasteiger partial charge in [0.1, 0.15) is 0 Å². The number of halogens is 3. The van der Waals surface area contributed by atoms with Gasteiger partial charge < -0.3 is 19.0 Å². The molecule has 3 aromatic rings. The first kappa shape index (κ1) is 21.9. The number of H-pyrrole nitrogens is 1. The Balaban J connectivity index is 1.72. The summed E-state index contributed by atoms with van der Waals surface area (Å²) in [5.74, 6) is 0. The molecule has 1 aliphatic rings. The van der Waals surface area contributed by atoms with E-state index in [2.05, 4.69) is 9.55 Å². The number of ether oxygens (including phenoxy) is 2. The van der Waals surface area contributed by atoms with Crippen molar-refractivity contribution in [3.63, 3.8) is 0 Å². The van der Waals surface area contributed by atoms with Gasteiger partial charge in [-0.3, -0.25) is 4.79 Å². The van der Waals surface area contributed by atoms with E-state index in [1.165, 1.54) is 0 Å². The van der Waals surface area contributed by atoms with Crippen molar-refractivity contribution in [3.8, 4) is 0 Å². The zero-order valence-corrected chi connectivity index (χ0v) is 17.8.